The predicted molar refractivity (Wildman–Crippen MR) is 74.6 cm³/mol. The summed E-state index contributed by atoms with van der Waals surface area (Å²) in [5.74, 6) is 0. The van der Waals surface area contributed by atoms with Gasteiger partial charge in [-0.3, -0.25) is 0 Å². The number of rotatable bonds is 2. The monoisotopic (exact) mass is 307 g/mol. The summed E-state index contributed by atoms with van der Waals surface area (Å²) in [5, 5.41) is 6.08. The van der Waals surface area contributed by atoms with Gasteiger partial charge in [-0.25, -0.2) is 0 Å². The fourth-order valence-corrected chi connectivity index (χ4v) is 3.12. The van der Waals surface area contributed by atoms with Gasteiger partial charge in [0.15, 0.2) is 6.10 Å². The van der Waals surface area contributed by atoms with Gasteiger partial charge in [-0.2, -0.15) is 0 Å². The second-order valence-corrected chi connectivity index (χ2v) is 5.73. The van der Waals surface area contributed by atoms with Crippen LogP contribution in [0.15, 0.2) is 46.9 Å². The number of oxime groups is 1. The van der Waals surface area contributed by atoms with E-state index in [2.05, 4.69) is 56.8 Å². The zero-order valence-electron chi connectivity index (χ0n) is 8.97. The molecule has 0 saturated carbocycles. The van der Waals surface area contributed by atoms with Crippen molar-refractivity contribution in [2.24, 2.45) is 5.16 Å². The Balaban J connectivity index is 1.84. The molecule has 0 bridgehead atoms. The standard InChI is InChI=1S/C13H10BrNOS/c14-13-7-11(16-15-13)12-6-10(8-17-12)9-4-2-1-3-5-9/h1-6,8,11H,7H2/t11-/m0/s1. The van der Waals surface area contributed by atoms with Gasteiger partial charge in [0, 0.05) is 11.3 Å². The first kappa shape index (κ1) is 11.0. The second kappa shape index (κ2) is 4.63. The van der Waals surface area contributed by atoms with E-state index in [4.69, 9.17) is 4.84 Å². The first-order valence-electron chi connectivity index (χ1n) is 5.35. The van der Waals surface area contributed by atoms with Gasteiger partial charge >= 0.3 is 0 Å². The van der Waals surface area contributed by atoms with Crippen LogP contribution in [-0.2, 0) is 4.84 Å². The Bertz CT molecular complexity index is 550. The first-order chi connectivity index (χ1) is 8.33. The summed E-state index contributed by atoms with van der Waals surface area (Å²) >= 11 is 5.08. The van der Waals surface area contributed by atoms with Crippen LogP contribution in [0.3, 0.4) is 0 Å². The molecule has 3 rings (SSSR count). The Morgan fingerprint density at radius 3 is 2.76 bits per heavy atom. The van der Waals surface area contributed by atoms with E-state index in [1.54, 1.807) is 11.3 Å². The highest BCUT2D eigenvalue weighted by Gasteiger charge is 2.22. The Kier molecular flexibility index (Phi) is 2.99. The van der Waals surface area contributed by atoms with E-state index in [1.165, 1.54) is 16.0 Å². The quantitative estimate of drug-likeness (QED) is 0.795. The van der Waals surface area contributed by atoms with Gasteiger partial charge in [0.1, 0.15) is 4.62 Å². The topological polar surface area (TPSA) is 21.6 Å². The van der Waals surface area contributed by atoms with Crippen LogP contribution < -0.4 is 0 Å². The van der Waals surface area contributed by atoms with Gasteiger partial charge < -0.3 is 4.84 Å². The SMILES string of the molecule is BrC1=NO[C@H](c2cc(-c3ccccc3)cs2)C1. The average molecular weight is 308 g/mol. The van der Waals surface area contributed by atoms with Crippen molar-refractivity contribution in [2.75, 3.05) is 0 Å². The van der Waals surface area contributed by atoms with Crippen LogP contribution in [0.2, 0.25) is 0 Å². The smallest absolute Gasteiger partial charge is 0.167 e. The third-order valence-electron chi connectivity index (χ3n) is 2.68. The maximum absolute atomic E-state index is 5.35. The number of benzene rings is 1. The lowest BCUT2D eigenvalue weighted by Gasteiger charge is -2.03. The molecule has 86 valence electrons. The van der Waals surface area contributed by atoms with E-state index in [9.17, 15) is 0 Å². The van der Waals surface area contributed by atoms with E-state index in [0.717, 1.165) is 11.0 Å². The Morgan fingerprint density at radius 2 is 2.06 bits per heavy atom. The van der Waals surface area contributed by atoms with Crippen molar-refractivity contribution in [3.63, 3.8) is 0 Å². The first-order valence-corrected chi connectivity index (χ1v) is 7.02. The molecule has 1 aliphatic rings. The molecule has 0 radical (unpaired) electrons. The van der Waals surface area contributed by atoms with E-state index in [-0.39, 0.29) is 6.10 Å². The van der Waals surface area contributed by atoms with Crippen molar-refractivity contribution in [1.82, 2.24) is 0 Å². The zero-order valence-corrected chi connectivity index (χ0v) is 11.4. The summed E-state index contributed by atoms with van der Waals surface area (Å²) < 4.78 is 0.886. The molecular formula is C13H10BrNOS. The molecule has 0 spiro atoms. The van der Waals surface area contributed by atoms with Crippen LogP contribution in [0.25, 0.3) is 11.1 Å². The Labute approximate surface area is 112 Å². The molecule has 0 N–H and O–H groups in total. The minimum Gasteiger partial charge on any atom is -0.386 e. The summed E-state index contributed by atoms with van der Waals surface area (Å²) in [7, 11) is 0. The summed E-state index contributed by atoms with van der Waals surface area (Å²) in [4.78, 5) is 6.58. The molecule has 0 unspecified atom stereocenters. The molecule has 1 atom stereocenters. The minimum atomic E-state index is 0.0758. The molecule has 4 heteroatoms. The van der Waals surface area contributed by atoms with Crippen LogP contribution >= 0.6 is 27.3 Å². The van der Waals surface area contributed by atoms with Crippen molar-refractivity contribution in [1.29, 1.82) is 0 Å². The summed E-state index contributed by atoms with van der Waals surface area (Å²) in [5.41, 5.74) is 2.49. The lowest BCUT2D eigenvalue weighted by molar-refractivity contribution is 0.0884. The molecule has 0 aliphatic carbocycles. The number of halogens is 1. The summed E-state index contributed by atoms with van der Waals surface area (Å²) in [6.45, 7) is 0. The molecule has 0 fully saturated rings. The number of hydrogen-bond acceptors (Lipinski definition) is 3. The molecule has 2 nitrogen and oxygen atoms in total. The third-order valence-corrected chi connectivity index (χ3v) is 4.17. The van der Waals surface area contributed by atoms with Crippen molar-refractivity contribution in [2.45, 2.75) is 12.5 Å². The predicted octanol–water partition coefficient (Wildman–Crippen LogP) is 4.58. The summed E-state index contributed by atoms with van der Waals surface area (Å²) in [6, 6.07) is 12.6. The van der Waals surface area contributed by atoms with Gasteiger partial charge in [-0.1, -0.05) is 35.5 Å². The molecule has 2 heterocycles. The van der Waals surface area contributed by atoms with E-state index in [0.29, 0.717) is 0 Å². The molecule has 2 aromatic rings. The average Bonchev–Trinajstić information content (AvgIpc) is 2.98. The lowest BCUT2D eigenvalue weighted by atomic mass is 10.1. The molecule has 1 aromatic heterocycles. The van der Waals surface area contributed by atoms with Crippen molar-refractivity contribution >= 4 is 31.9 Å². The van der Waals surface area contributed by atoms with Crippen molar-refractivity contribution < 1.29 is 4.84 Å². The Morgan fingerprint density at radius 1 is 1.24 bits per heavy atom. The van der Waals surface area contributed by atoms with E-state index >= 15 is 0 Å². The van der Waals surface area contributed by atoms with E-state index in [1.807, 2.05) is 6.07 Å². The van der Waals surface area contributed by atoms with Gasteiger partial charge in [0.25, 0.3) is 0 Å². The van der Waals surface area contributed by atoms with Crippen LogP contribution in [0, 0.1) is 0 Å². The van der Waals surface area contributed by atoms with Crippen molar-refractivity contribution in [3.05, 3.63) is 46.7 Å². The fraction of sp³-hybridized carbons (Fsp3) is 0.154. The van der Waals surface area contributed by atoms with Crippen LogP contribution in [0.4, 0.5) is 0 Å². The fourth-order valence-electron chi connectivity index (χ4n) is 1.80. The maximum Gasteiger partial charge on any atom is 0.167 e. The summed E-state index contributed by atoms with van der Waals surface area (Å²) in [6.07, 6.45) is 0.904. The molecule has 17 heavy (non-hydrogen) atoms. The highest BCUT2D eigenvalue weighted by Crippen LogP contribution is 2.35. The number of nitrogens with zero attached hydrogens (tertiary/aromatic N) is 1. The highest BCUT2D eigenvalue weighted by molar-refractivity contribution is 9.18. The van der Waals surface area contributed by atoms with Crippen LogP contribution in [0.5, 0.6) is 0 Å². The van der Waals surface area contributed by atoms with Gasteiger partial charge in [0.05, 0.1) is 0 Å². The zero-order chi connectivity index (χ0) is 11.7. The maximum atomic E-state index is 5.35. The largest absolute Gasteiger partial charge is 0.386 e. The molecular weight excluding hydrogens is 298 g/mol. The molecule has 0 saturated heterocycles. The molecule has 1 aromatic carbocycles. The van der Waals surface area contributed by atoms with Gasteiger partial charge in [-0.05, 0) is 38.5 Å². The van der Waals surface area contributed by atoms with E-state index < -0.39 is 0 Å². The third kappa shape index (κ3) is 2.28. The molecule has 0 amide bonds. The highest BCUT2D eigenvalue weighted by atomic mass is 79.9. The number of thiophene rings is 1. The lowest BCUT2D eigenvalue weighted by Crippen LogP contribution is -1.92. The van der Waals surface area contributed by atoms with Crippen LogP contribution in [-0.4, -0.2) is 4.62 Å². The molecule has 1 aliphatic heterocycles. The Hall–Kier alpha value is -1.13. The van der Waals surface area contributed by atoms with Gasteiger partial charge in [0.2, 0.25) is 0 Å². The van der Waals surface area contributed by atoms with Gasteiger partial charge in [-0.15, -0.1) is 11.3 Å². The second-order valence-electron chi connectivity index (χ2n) is 3.87. The van der Waals surface area contributed by atoms with Crippen molar-refractivity contribution in [3.8, 4) is 11.1 Å². The minimum absolute atomic E-state index is 0.0758. The van der Waals surface area contributed by atoms with Crippen LogP contribution in [0.1, 0.15) is 17.4 Å². The number of hydrogen-bond donors (Lipinski definition) is 0. The normalized spacial score (nSPS) is 18.9.